The molecule has 0 saturated heterocycles. The summed E-state index contributed by atoms with van der Waals surface area (Å²) in [5, 5.41) is 0. The molecule has 0 amide bonds. The van der Waals surface area contributed by atoms with E-state index in [1.54, 1.807) is 7.11 Å². The van der Waals surface area contributed by atoms with Crippen LogP contribution in [0.5, 0.6) is 0 Å². The molecule has 1 aromatic rings. The molecule has 2 atom stereocenters. The summed E-state index contributed by atoms with van der Waals surface area (Å²) in [5.74, 6) is 0. The molecule has 0 N–H and O–H groups in total. The minimum atomic E-state index is 0.215. The number of benzene rings is 1. The molecule has 0 fully saturated rings. The third kappa shape index (κ3) is 2.45. The van der Waals surface area contributed by atoms with Gasteiger partial charge in [-0.05, 0) is 5.56 Å². The van der Waals surface area contributed by atoms with E-state index < -0.39 is 0 Å². The number of ether oxygens (including phenoxy) is 1. The standard InChI is InChI=1S/C10H13IO/c1-8(11)10(12-2)9-6-4-3-5-7-9/h3-8,10H,1-2H3. The molecule has 2 unspecified atom stereocenters. The lowest BCUT2D eigenvalue weighted by molar-refractivity contribution is 0.108. The molecule has 1 rings (SSSR count). The highest BCUT2D eigenvalue weighted by Gasteiger charge is 2.14. The fourth-order valence-corrected chi connectivity index (χ4v) is 1.94. The Bertz CT molecular complexity index is 221. The van der Waals surface area contributed by atoms with Gasteiger partial charge in [0.15, 0.2) is 0 Å². The van der Waals surface area contributed by atoms with Crippen LogP contribution in [-0.2, 0) is 4.74 Å². The van der Waals surface area contributed by atoms with Crippen molar-refractivity contribution in [3.63, 3.8) is 0 Å². The zero-order valence-electron chi connectivity index (χ0n) is 7.33. The zero-order valence-corrected chi connectivity index (χ0v) is 9.49. The van der Waals surface area contributed by atoms with Gasteiger partial charge in [0.05, 0.1) is 6.10 Å². The number of halogens is 1. The van der Waals surface area contributed by atoms with Crippen molar-refractivity contribution in [1.29, 1.82) is 0 Å². The smallest absolute Gasteiger partial charge is 0.0935 e. The van der Waals surface area contributed by atoms with Crippen molar-refractivity contribution >= 4 is 22.6 Å². The summed E-state index contributed by atoms with van der Waals surface area (Å²) in [6.45, 7) is 2.15. The van der Waals surface area contributed by atoms with Crippen LogP contribution in [0.3, 0.4) is 0 Å². The van der Waals surface area contributed by atoms with Gasteiger partial charge in [-0.25, -0.2) is 0 Å². The maximum absolute atomic E-state index is 5.39. The summed E-state index contributed by atoms with van der Waals surface area (Å²) < 4.78 is 5.89. The van der Waals surface area contributed by atoms with Gasteiger partial charge in [0, 0.05) is 11.0 Å². The van der Waals surface area contributed by atoms with Gasteiger partial charge in [-0.2, -0.15) is 0 Å². The molecule has 0 heterocycles. The first-order valence-electron chi connectivity index (χ1n) is 3.97. The van der Waals surface area contributed by atoms with E-state index in [2.05, 4.69) is 41.6 Å². The largest absolute Gasteiger partial charge is 0.376 e. The highest BCUT2D eigenvalue weighted by atomic mass is 127. The third-order valence-electron chi connectivity index (χ3n) is 1.80. The Morgan fingerprint density at radius 3 is 2.25 bits per heavy atom. The monoisotopic (exact) mass is 276 g/mol. The Hall–Kier alpha value is -0.0900. The van der Waals surface area contributed by atoms with Crippen LogP contribution in [-0.4, -0.2) is 11.0 Å². The average Bonchev–Trinajstić information content (AvgIpc) is 2.07. The van der Waals surface area contributed by atoms with Gasteiger partial charge in [0.25, 0.3) is 0 Å². The van der Waals surface area contributed by atoms with Gasteiger partial charge in [0.2, 0.25) is 0 Å². The number of hydrogen-bond acceptors (Lipinski definition) is 1. The summed E-state index contributed by atoms with van der Waals surface area (Å²) in [6.07, 6.45) is 0.215. The average molecular weight is 276 g/mol. The number of hydrogen-bond donors (Lipinski definition) is 0. The van der Waals surface area contributed by atoms with Crippen molar-refractivity contribution < 1.29 is 4.74 Å². The molecule has 0 aliphatic rings. The van der Waals surface area contributed by atoms with Gasteiger partial charge in [-0.3, -0.25) is 0 Å². The van der Waals surface area contributed by atoms with E-state index in [0.717, 1.165) is 0 Å². The molecular formula is C10H13IO. The summed E-state index contributed by atoms with van der Waals surface area (Å²) in [4.78, 5) is 0. The molecule has 12 heavy (non-hydrogen) atoms. The number of alkyl halides is 1. The van der Waals surface area contributed by atoms with Gasteiger partial charge >= 0.3 is 0 Å². The maximum Gasteiger partial charge on any atom is 0.0935 e. The Kier molecular flexibility index (Phi) is 4.01. The second kappa shape index (κ2) is 4.82. The van der Waals surface area contributed by atoms with Crippen LogP contribution in [0.15, 0.2) is 30.3 Å². The van der Waals surface area contributed by atoms with Crippen molar-refractivity contribution in [2.45, 2.75) is 17.0 Å². The van der Waals surface area contributed by atoms with Crippen molar-refractivity contribution in [1.82, 2.24) is 0 Å². The number of methoxy groups -OCH3 is 1. The minimum Gasteiger partial charge on any atom is -0.376 e. The molecule has 0 saturated carbocycles. The Morgan fingerprint density at radius 2 is 1.83 bits per heavy atom. The van der Waals surface area contributed by atoms with E-state index in [4.69, 9.17) is 4.74 Å². The molecule has 0 radical (unpaired) electrons. The summed E-state index contributed by atoms with van der Waals surface area (Å²) >= 11 is 2.38. The molecule has 1 aromatic carbocycles. The summed E-state index contributed by atoms with van der Waals surface area (Å²) in [7, 11) is 1.76. The second-order valence-corrected chi connectivity index (χ2v) is 4.71. The van der Waals surface area contributed by atoms with E-state index in [-0.39, 0.29) is 6.10 Å². The molecule has 0 aliphatic carbocycles. The number of rotatable bonds is 3. The molecule has 1 nitrogen and oxygen atoms in total. The predicted molar refractivity (Wildman–Crippen MR) is 59.7 cm³/mol. The predicted octanol–water partition coefficient (Wildman–Crippen LogP) is 3.20. The van der Waals surface area contributed by atoms with Crippen molar-refractivity contribution in [3.05, 3.63) is 35.9 Å². The Labute approximate surface area is 87.3 Å². The highest BCUT2D eigenvalue weighted by Crippen LogP contribution is 2.25. The van der Waals surface area contributed by atoms with E-state index in [1.807, 2.05) is 18.2 Å². The first kappa shape index (κ1) is 9.99. The lowest BCUT2D eigenvalue weighted by Gasteiger charge is -2.17. The normalized spacial score (nSPS) is 15.6. The quantitative estimate of drug-likeness (QED) is 0.608. The van der Waals surface area contributed by atoms with Gasteiger partial charge in [-0.1, -0.05) is 59.8 Å². The van der Waals surface area contributed by atoms with E-state index >= 15 is 0 Å². The van der Waals surface area contributed by atoms with E-state index in [1.165, 1.54) is 5.56 Å². The van der Waals surface area contributed by atoms with Crippen LogP contribution < -0.4 is 0 Å². The van der Waals surface area contributed by atoms with Gasteiger partial charge in [-0.15, -0.1) is 0 Å². The van der Waals surface area contributed by atoms with Crippen molar-refractivity contribution in [2.24, 2.45) is 0 Å². The van der Waals surface area contributed by atoms with Crippen LogP contribution in [0.25, 0.3) is 0 Å². The molecule has 0 aliphatic heterocycles. The molecular weight excluding hydrogens is 263 g/mol. The molecule has 0 bridgehead atoms. The fraction of sp³-hybridized carbons (Fsp3) is 0.400. The SMILES string of the molecule is COC(c1ccccc1)C(C)I. The molecule has 0 spiro atoms. The van der Waals surface area contributed by atoms with Crippen LogP contribution in [0, 0.1) is 0 Å². The van der Waals surface area contributed by atoms with Gasteiger partial charge in [0.1, 0.15) is 0 Å². The first-order valence-corrected chi connectivity index (χ1v) is 5.22. The topological polar surface area (TPSA) is 9.23 Å². The molecule has 66 valence electrons. The molecule has 2 heteroatoms. The van der Waals surface area contributed by atoms with Crippen molar-refractivity contribution in [2.75, 3.05) is 7.11 Å². The summed E-state index contributed by atoms with van der Waals surface area (Å²) in [6, 6.07) is 10.3. The zero-order chi connectivity index (χ0) is 8.97. The third-order valence-corrected chi connectivity index (χ3v) is 2.45. The van der Waals surface area contributed by atoms with Crippen LogP contribution in [0.2, 0.25) is 0 Å². The fourth-order valence-electron chi connectivity index (χ4n) is 1.23. The Morgan fingerprint density at radius 1 is 1.25 bits per heavy atom. The van der Waals surface area contributed by atoms with E-state index in [0.29, 0.717) is 3.92 Å². The van der Waals surface area contributed by atoms with Crippen molar-refractivity contribution in [3.8, 4) is 0 Å². The molecule has 0 aromatic heterocycles. The maximum atomic E-state index is 5.39. The second-order valence-electron chi connectivity index (χ2n) is 2.74. The lowest BCUT2D eigenvalue weighted by atomic mass is 10.1. The Balaban J connectivity index is 2.80. The van der Waals surface area contributed by atoms with Gasteiger partial charge < -0.3 is 4.74 Å². The van der Waals surface area contributed by atoms with E-state index in [9.17, 15) is 0 Å². The lowest BCUT2D eigenvalue weighted by Crippen LogP contribution is -2.10. The van der Waals surface area contributed by atoms with Crippen LogP contribution in [0.1, 0.15) is 18.6 Å². The first-order chi connectivity index (χ1) is 5.75. The van der Waals surface area contributed by atoms with Crippen LogP contribution in [0.4, 0.5) is 0 Å². The summed E-state index contributed by atoms with van der Waals surface area (Å²) in [5.41, 5.74) is 1.25. The minimum absolute atomic E-state index is 0.215. The highest BCUT2D eigenvalue weighted by molar-refractivity contribution is 14.1. The van der Waals surface area contributed by atoms with Crippen LogP contribution >= 0.6 is 22.6 Å².